The summed E-state index contributed by atoms with van der Waals surface area (Å²) in [5.74, 6) is 0. The maximum Gasteiger partial charge on any atom is -0.0227 e. The predicted octanol–water partition coefficient (Wildman–Crippen LogP) is 3.99. The fourth-order valence-corrected chi connectivity index (χ4v) is 3.87. The maximum atomic E-state index is 3.70. The van der Waals surface area contributed by atoms with Crippen LogP contribution >= 0.6 is 22.1 Å². The van der Waals surface area contributed by atoms with Crippen LogP contribution in [0.1, 0.15) is 33.1 Å². The van der Waals surface area contributed by atoms with Crippen LogP contribution in [0, 0.1) is 0 Å². The second kappa shape index (κ2) is 7.02. The highest BCUT2D eigenvalue weighted by atomic mass is 79.9. The second-order valence-electron chi connectivity index (χ2n) is 2.26. The standard InChI is InChI=1S/C7H16BrP/c1-3-5-7-9(8)6-4-2/h3-7H2,1-2H3. The van der Waals surface area contributed by atoms with Crippen molar-refractivity contribution < 1.29 is 0 Å². The Morgan fingerprint density at radius 2 is 1.78 bits per heavy atom. The van der Waals surface area contributed by atoms with Crippen LogP contribution in [0.2, 0.25) is 0 Å². The zero-order valence-electron chi connectivity index (χ0n) is 6.36. The normalized spacial score (nSPS) is 13.7. The number of hydrogen-bond acceptors (Lipinski definition) is 0. The van der Waals surface area contributed by atoms with E-state index in [2.05, 4.69) is 29.3 Å². The van der Waals surface area contributed by atoms with Gasteiger partial charge < -0.3 is 0 Å². The monoisotopic (exact) mass is 210 g/mol. The Bertz CT molecular complexity index is 56.9. The molecule has 0 nitrogen and oxygen atoms in total. The van der Waals surface area contributed by atoms with Crippen LogP contribution in [-0.4, -0.2) is 12.3 Å². The van der Waals surface area contributed by atoms with Crippen molar-refractivity contribution >= 4 is 22.1 Å². The topological polar surface area (TPSA) is 0 Å². The number of hydrogen-bond donors (Lipinski definition) is 0. The van der Waals surface area contributed by atoms with E-state index in [4.69, 9.17) is 0 Å². The molecule has 1 unspecified atom stereocenters. The molecule has 0 rings (SSSR count). The zero-order chi connectivity index (χ0) is 7.11. The van der Waals surface area contributed by atoms with Crippen LogP contribution in [0.4, 0.5) is 0 Å². The summed E-state index contributed by atoms with van der Waals surface area (Å²) in [7, 11) is 0. The molecule has 0 aliphatic carbocycles. The van der Waals surface area contributed by atoms with Crippen LogP contribution in [0.3, 0.4) is 0 Å². The third-order valence-corrected chi connectivity index (χ3v) is 5.08. The molecule has 56 valence electrons. The molecule has 0 heterocycles. The summed E-state index contributed by atoms with van der Waals surface area (Å²) in [6, 6.07) is 0. The Hall–Kier alpha value is 0.910. The van der Waals surface area contributed by atoms with Crippen molar-refractivity contribution in [1.29, 1.82) is 0 Å². The van der Waals surface area contributed by atoms with Crippen molar-refractivity contribution in [2.75, 3.05) is 12.3 Å². The molecule has 0 amide bonds. The summed E-state index contributed by atoms with van der Waals surface area (Å²) in [5.41, 5.74) is 0. The van der Waals surface area contributed by atoms with Gasteiger partial charge in [0, 0.05) is 0 Å². The van der Waals surface area contributed by atoms with Crippen LogP contribution in [0.5, 0.6) is 0 Å². The van der Waals surface area contributed by atoms with Gasteiger partial charge in [-0.05, 0) is 25.4 Å². The summed E-state index contributed by atoms with van der Waals surface area (Å²) in [6.45, 7) is 4.73. The highest BCUT2D eigenvalue weighted by Crippen LogP contribution is 2.45. The minimum Gasteiger partial charge on any atom is -0.0654 e. The molecule has 0 fully saturated rings. The van der Waals surface area contributed by atoms with E-state index in [1.165, 1.54) is 31.6 Å². The zero-order valence-corrected chi connectivity index (χ0v) is 8.84. The van der Waals surface area contributed by atoms with Gasteiger partial charge in [-0.1, -0.05) is 42.2 Å². The molecular formula is C7H16BrP. The average Bonchev–Trinajstić information content (AvgIpc) is 1.85. The first kappa shape index (κ1) is 9.91. The molecule has 0 saturated heterocycles. The number of rotatable bonds is 5. The average molecular weight is 211 g/mol. The van der Waals surface area contributed by atoms with E-state index in [1.54, 1.807) is 0 Å². The van der Waals surface area contributed by atoms with Crippen molar-refractivity contribution in [3.05, 3.63) is 0 Å². The lowest BCUT2D eigenvalue weighted by atomic mass is 10.4. The largest absolute Gasteiger partial charge is 0.0654 e. The van der Waals surface area contributed by atoms with E-state index in [9.17, 15) is 0 Å². The van der Waals surface area contributed by atoms with E-state index < -0.39 is 0 Å². The van der Waals surface area contributed by atoms with Crippen molar-refractivity contribution in [2.45, 2.75) is 33.1 Å². The van der Waals surface area contributed by atoms with E-state index in [0.717, 1.165) is 0 Å². The summed E-state index contributed by atoms with van der Waals surface area (Å²) in [6.07, 6.45) is 6.89. The summed E-state index contributed by atoms with van der Waals surface area (Å²) >= 11 is 3.70. The summed E-state index contributed by atoms with van der Waals surface area (Å²) in [5, 5.41) is 0. The first-order valence-corrected chi connectivity index (χ1v) is 7.45. The molecule has 2 heteroatoms. The molecular weight excluding hydrogens is 195 g/mol. The number of unbranched alkanes of at least 4 members (excludes halogenated alkanes) is 1. The van der Waals surface area contributed by atoms with Gasteiger partial charge in [-0.2, -0.15) is 0 Å². The molecule has 0 aromatic heterocycles. The minimum atomic E-state index is 0.226. The Morgan fingerprint density at radius 1 is 1.11 bits per heavy atom. The van der Waals surface area contributed by atoms with Crippen molar-refractivity contribution in [2.24, 2.45) is 0 Å². The fraction of sp³-hybridized carbons (Fsp3) is 1.00. The van der Waals surface area contributed by atoms with Gasteiger partial charge in [-0.25, -0.2) is 0 Å². The molecule has 0 bridgehead atoms. The molecule has 0 aliphatic rings. The molecule has 0 aromatic carbocycles. The van der Waals surface area contributed by atoms with Gasteiger partial charge in [0.15, 0.2) is 0 Å². The van der Waals surface area contributed by atoms with E-state index in [-0.39, 0.29) is 6.62 Å². The van der Waals surface area contributed by atoms with E-state index in [0.29, 0.717) is 0 Å². The minimum absolute atomic E-state index is 0.226. The fourth-order valence-electron chi connectivity index (χ4n) is 0.684. The van der Waals surface area contributed by atoms with Crippen molar-refractivity contribution in [3.8, 4) is 0 Å². The van der Waals surface area contributed by atoms with Gasteiger partial charge in [0.25, 0.3) is 0 Å². The quantitative estimate of drug-likeness (QED) is 0.603. The Kier molecular flexibility index (Phi) is 7.73. The molecule has 0 spiro atoms. The lowest BCUT2D eigenvalue weighted by molar-refractivity contribution is 0.891. The van der Waals surface area contributed by atoms with Crippen molar-refractivity contribution in [3.63, 3.8) is 0 Å². The lowest BCUT2D eigenvalue weighted by Gasteiger charge is -2.05. The maximum absolute atomic E-state index is 3.70. The Balaban J connectivity index is 2.95. The van der Waals surface area contributed by atoms with Crippen LogP contribution in [0.25, 0.3) is 0 Å². The first-order valence-electron chi connectivity index (χ1n) is 3.72. The Morgan fingerprint density at radius 3 is 2.22 bits per heavy atom. The smallest absolute Gasteiger partial charge is 0.0227 e. The molecule has 0 aromatic rings. The Labute approximate surface area is 67.9 Å². The van der Waals surface area contributed by atoms with Gasteiger partial charge in [-0.15, -0.1) is 0 Å². The van der Waals surface area contributed by atoms with Crippen molar-refractivity contribution in [1.82, 2.24) is 0 Å². The molecule has 0 radical (unpaired) electrons. The van der Waals surface area contributed by atoms with Crippen LogP contribution in [0.15, 0.2) is 0 Å². The van der Waals surface area contributed by atoms with E-state index >= 15 is 0 Å². The van der Waals surface area contributed by atoms with Gasteiger partial charge >= 0.3 is 0 Å². The number of halogens is 1. The SMILES string of the molecule is CCCCP(Br)CCC. The highest BCUT2D eigenvalue weighted by Gasteiger charge is 1.98. The second-order valence-corrected chi connectivity index (χ2v) is 7.09. The third-order valence-electron chi connectivity index (χ3n) is 1.22. The van der Waals surface area contributed by atoms with E-state index in [1.807, 2.05) is 0 Å². The van der Waals surface area contributed by atoms with Gasteiger partial charge in [0.05, 0.1) is 0 Å². The lowest BCUT2D eigenvalue weighted by Crippen LogP contribution is -1.81. The summed E-state index contributed by atoms with van der Waals surface area (Å²) < 4.78 is 0. The molecule has 0 N–H and O–H groups in total. The highest BCUT2D eigenvalue weighted by molar-refractivity contribution is 9.39. The summed E-state index contributed by atoms with van der Waals surface area (Å²) in [4.78, 5) is 0. The molecule has 0 saturated carbocycles. The van der Waals surface area contributed by atoms with Gasteiger partial charge in [-0.3, -0.25) is 0 Å². The van der Waals surface area contributed by atoms with Crippen LogP contribution < -0.4 is 0 Å². The van der Waals surface area contributed by atoms with Gasteiger partial charge in [0.1, 0.15) is 0 Å². The first-order chi connectivity index (χ1) is 4.31. The third kappa shape index (κ3) is 6.80. The molecule has 1 atom stereocenters. The predicted molar refractivity (Wildman–Crippen MR) is 50.8 cm³/mol. The molecule has 0 aliphatic heterocycles. The van der Waals surface area contributed by atoms with Gasteiger partial charge in [0.2, 0.25) is 0 Å². The van der Waals surface area contributed by atoms with Crippen LogP contribution in [-0.2, 0) is 0 Å². The molecule has 9 heavy (non-hydrogen) atoms.